The molecule has 4 heteroatoms. The Morgan fingerprint density at radius 2 is 1.59 bits per heavy atom. The fraction of sp³-hybridized carbons (Fsp3) is 0.167. The molecule has 0 N–H and O–H groups in total. The van der Waals surface area contributed by atoms with E-state index in [1.807, 2.05) is 48.5 Å². The Morgan fingerprint density at radius 1 is 0.773 bits per heavy atom. The maximum Gasteiger partial charge on any atom is 0.131 e. The standard InChI is InChI=1S/C18H17NO3/c1-20-13-6-4-5-12(9-13)16-8-7-15-17(19-16)10-14(21-2)11-18(15)22-3/h4-11H,1-3H3. The third-order valence-corrected chi connectivity index (χ3v) is 3.56. The van der Waals surface area contributed by atoms with Crippen molar-refractivity contribution in [3.63, 3.8) is 0 Å². The number of hydrogen-bond donors (Lipinski definition) is 0. The van der Waals surface area contributed by atoms with Gasteiger partial charge in [0.25, 0.3) is 0 Å². The number of aromatic nitrogens is 1. The van der Waals surface area contributed by atoms with Gasteiger partial charge < -0.3 is 14.2 Å². The van der Waals surface area contributed by atoms with Crippen LogP contribution >= 0.6 is 0 Å². The van der Waals surface area contributed by atoms with E-state index in [1.165, 1.54) is 0 Å². The second kappa shape index (κ2) is 5.93. The van der Waals surface area contributed by atoms with Crippen LogP contribution in [0.4, 0.5) is 0 Å². The highest BCUT2D eigenvalue weighted by Crippen LogP contribution is 2.32. The van der Waals surface area contributed by atoms with Gasteiger partial charge in [-0.15, -0.1) is 0 Å². The zero-order valence-corrected chi connectivity index (χ0v) is 12.8. The highest BCUT2D eigenvalue weighted by Gasteiger charge is 2.09. The molecule has 0 aliphatic carbocycles. The summed E-state index contributed by atoms with van der Waals surface area (Å²) in [5, 5.41) is 0.954. The minimum atomic E-state index is 0.722. The van der Waals surface area contributed by atoms with Gasteiger partial charge in [-0.2, -0.15) is 0 Å². The zero-order valence-electron chi connectivity index (χ0n) is 12.8. The number of methoxy groups -OCH3 is 3. The molecule has 3 rings (SSSR count). The monoisotopic (exact) mass is 295 g/mol. The normalized spacial score (nSPS) is 10.5. The van der Waals surface area contributed by atoms with E-state index in [0.29, 0.717) is 0 Å². The number of fused-ring (bicyclic) bond motifs is 1. The molecule has 0 spiro atoms. The zero-order chi connectivity index (χ0) is 15.5. The van der Waals surface area contributed by atoms with Crippen LogP contribution in [0.1, 0.15) is 0 Å². The summed E-state index contributed by atoms with van der Waals surface area (Å²) in [6, 6.07) is 15.6. The van der Waals surface area contributed by atoms with E-state index < -0.39 is 0 Å². The average molecular weight is 295 g/mol. The average Bonchev–Trinajstić information content (AvgIpc) is 2.60. The van der Waals surface area contributed by atoms with Gasteiger partial charge in [-0.05, 0) is 24.3 Å². The SMILES string of the molecule is COc1cccc(-c2ccc3c(OC)cc(OC)cc3n2)c1. The molecule has 0 unspecified atom stereocenters. The van der Waals surface area contributed by atoms with Crippen LogP contribution in [0.2, 0.25) is 0 Å². The summed E-state index contributed by atoms with van der Waals surface area (Å²) in [6.07, 6.45) is 0. The lowest BCUT2D eigenvalue weighted by Gasteiger charge is -2.10. The summed E-state index contributed by atoms with van der Waals surface area (Å²) in [4.78, 5) is 4.72. The van der Waals surface area contributed by atoms with E-state index in [4.69, 9.17) is 19.2 Å². The van der Waals surface area contributed by atoms with Gasteiger partial charge >= 0.3 is 0 Å². The second-order valence-corrected chi connectivity index (χ2v) is 4.82. The fourth-order valence-electron chi connectivity index (χ4n) is 2.41. The molecule has 0 bridgehead atoms. The van der Waals surface area contributed by atoms with Crippen molar-refractivity contribution >= 4 is 10.9 Å². The van der Waals surface area contributed by atoms with Gasteiger partial charge in [0.1, 0.15) is 17.2 Å². The summed E-state index contributed by atoms with van der Waals surface area (Å²) >= 11 is 0. The molecule has 0 radical (unpaired) electrons. The van der Waals surface area contributed by atoms with E-state index in [9.17, 15) is 0 Å². The van der Waals surface area contributed by atoms with Gasteiger partial charge in [0.2, 0.25) is 0 Å². The van der Waals surface area contributed by atoms with E-state index in [-0.39, 0.29) is 0 Å². The number of benzene rings is 2. The number of rotatable bonds is 4. The van der Waals surface area contributed by atoms with Gasteiger partial charge in [0.05, 0.1) is 32.5 Å². The first-order chi connectivity index (χ1) is 10.7. The van der Waals surface area contributed by atoms with Crippen LogP contribution < -0.4 is 14.2 Å². The number of hydrogen-bond acceptors (Lipinski definition) is 4. The summed E-state index contributed by atoms with van der Waals surface area (Å²) < 4.78 is 16.0. The molecule has 112 valence electrons. The van der Waals surface area contributed by atoms with E-state index in [0.717, 1.165) is 39.4 Å². The highest BCUT2D eigenvalue weighted by molar-refractivity contribution is 5.88. The van der Waals surface area contributed by atoms with Gasteiger partial charge in [-0.1, -0.05) is 12.1 Å². The predicted molar refractivity (Wildman–Crippen MR) is 86.8 cm³/mol. The Morgan fingerprint density at radius 3 is 2.32 bits per heavy atom. The summed E-state index contributed by atoms with van der Waals surface area (Å²) in [7, 11) is 4.93. The van der Waals surface area contributed by atoms with Crippen molar-refractivity contribution < 1.29 is 14.2 Å². The van der Waals surface area contributed by atoms with Gasteiger partial charge in [-0.3, -0.25) is 0 Å². The molecule has 2 aromatic carbocycles. The molecule has 0 saturated carbocycles. The van der Waals surface area contributed by atoms with Crippen LogP contribution in [0.5, 0.6) is 17.2 Å². The molecule has 3 aromatic rings. The van der Waals surface area contributed by atoms with Gasteiger partial charge in [0.15, 0.2) is 0 Å². The smallest absolute Gasteiger partial charge is 0.131 e. The van der Waals surface area contributed by atoms with Crippen molar-refractivity contribution in [2.24, 2.45) is 0 Å². The van der Waals surface area contributed by atoms with E-state index in [2.05, 4.69) is 0 Å². The molecular weight excluding hydrogens is 278 g/mol. The molecule has 22 heavy (non-hydrogen) atoms. The molecule has 1 aromatic heterocycles. The Bertz CT molecular complexity index is 815. The van der Waals surface area contributed by atoms with Crippen molar-refractivity contribution in [2.45, 2.75) is 0 Å². The maximum atomic E-state index is 5.41. The van der Waals surface area contributed by atoms with Gasteiger partial charge in [-0.25, -0.2) is 4.98 Å². The lowest BCUT2D eigenvalue weighted by Crippen LogP contribution is -1.92. The van der Waals surface area contributed by atoms with Crippen LogP contribution in [-0.4, -0.2) is 26.3 Å². The number of nitrogens with zero attached hydrogens (tertiary/aromatic N) is 1. The van der Waals surface area contributed by atoms with Crippen molar-refractivity contribution in [1.82, 2.24) is 4.98 Å². The van der Waals surface area contributed by atoms with Gasteiger partial charge in [0, 0.05) is 23.1 Å². The first-order valence-electron chi connectivity index (χ1n) is 6.92. The first-order valence-corrected chi connectivity index (χ1v) is 6.92. The number of pyridine rings is 1. The van der Waals surface area contributed by atoms with Crippen molar-refractivity contribution in [1.29, 1.82) is 0 Å². The molecule has 0 fully saturated rings. The molecule has 0 aliphatic rings. The van der Waals surface area contributed by atoms with E-state index in [1.54, 1.807) is 21.3 Å². The largest absolute Gasteiger partial charge is 0.497 e. The van der Waals surface area contributed by atoms with Crippen molar-refractivity contribution in [3.05, 3.63) is 48.5 Å². The van der Waals surface area contributed by atoms with Crippen LogP contribution in [-0.2, 0) is 0 Å². The molecule has 0 aliphatic heterocycles. The minimum absolute atomic E-state index is 0.722. The molecular formula is C18H17NO3. The lowest BCUT2D eigenvalue weighted by atomic mass is 10.1. The third-order valence-electron chi connectivity index (χ3n) is 3.56. The van der Waals surface area contributed by atoms with E-state index >= 15 is 0 Å². The highest BCUT2D eigenvalue weighted by atomic mass is 16.5. The predicted octanol–water partition coefficient (Wildman–Crippen LogP) is 3.93. The lowest BCUT2D eigenvalue weighted by molar-refractivity contribution is 0.398. The van der Waals surface area contributed by atoms with Crippen LogP contribution in [0.15, 0.2) is 48.5 Å². The molecule has 0 atom stereocenters. The quantitative estimate of drug-likeness (QED) is 0.731. The Kier molecular flexibility index (Phi) is 3.83. The van der Waals surface area contributed by atoms with Crippen molar-refractivity contribution in [2.75, 3.05) is 21.3 Å². The summed E-state index contributed by atoms with van der Waals surface area (Å²) in [6.45, 7) is 0. The van der Waals surface area contributed by atoms with Crippen molar-refractivity contribution in [3.8, 4) is 28.5 Å². The second-order valence-electron chi connectivity index (χ2n) is 4.82. The summed E-state index contributed by atoms with van der Waals surface area (Å²) in [5.74, 6) is 2.28. The Balaban J connectivity index is 2.16. The first kappa shape index (κ1) is 14.2. The van der Waals surface area contributed by atoms with Crippen LogP contribution in [0.3, 0.4) is 0 Å². The Labute approximate surface area is 129 Å². The summed E-state index contributed by atoms with van der Waals surface area (Å²) in [5.41, 5.74) is 2.71. The minimum Gasteiger partial charge on any atom is -0.497 e. The fourth-order valence-corrected chi connectivity index (χ4v) is 2.41. The van der Waals surface area contributed by atoms with Crippen LogP contribution in [0, 0.1) is 0 Å². The molecule has 4 nitrogen and oxygen atoms in total. The molecule has 1 heterocycles. The molecule has 0 amide bonds. The maximum absolute atomic E-state index is 5.41. The Hall–Kier alpha value is -2.75. The number of ether oxygens (including phenoxy) is 3. The third kappa shape index (κ3) is 2.55. The molecule has 0 saturated heterocycles. The van der Waals surface area contributed by atoms with Crippen LogP contribution in [0.25, 0.3) is 22.2 Å². The topological polar surface area (TPSA) is 40.6 Å².